The lowest BCUT2D eigenvalue weighted by Gasteiger charge is -2.28. The number of nitrogens with one attached hydrogen (secondary N) is 3. The molecule has 0 aliphatic rings. The summed E-state index contributed by atoms with van der Waals surface area (Å²) in [6.07, 6.45) is -0.623. The number of carboxylic acids is 2. The van der Waals surface area contributed by atoms with Gasteiger partial charge in [-0.3, -0.25) is 19.2 Å². The van der Waals surface area contributed by atoms with Gasteiger partial charge in [0.15, 0.2) is 0 Å². The molecule has 0 rings (SSSR count). The highest BCUT2D eigenvalue weighted by molar-refractivity contribution is 5.94. The van der Waals surface area contributed by atoms with Crippen molar-refractivity contribution in [2.75, 3.05) is 0 Å². The number of carboxylic acid groups (broad SMARTS) is 2. The number of aliphatic carboxylic acids is 2. The van der Waals surface area contributed by atoms with Crippen molar-refractivity contribution in [3.63, 3.8) is 0 Å². The van der Waals surface area contributed by atoms with Crippen molar-refractivity contribution in [1.29, 1.82) is 0 Å². The molecular weight excluding hydrogens is 408 g/mol. The minimum absolute atomic E-state index is 0.0414. The lowest BCUT2D eigenvalue weighted by Crippen LogP contribution is -2.59. The third-order valence-corrected chi connectivity index (χ3v) is 4.60. The van der Waals surface area contributed by atoms with Gasteiger partial charge in [-0.2, -0.15) is 0 Å². The Bertz CT molecular complexity index is 664. The fourth-order valence-corrected chi connectivity index (χ4v) is 2.70. The molecule has 0 spiro atoms. The summed E-state index contributed by atoms with van der Waals surface area (Å²) in [4.78, 5) is 59.9. The summed E-state index contributed by atoms with van der Waals surface area (Å²) >= 11 is 0. The van der Waals surface area contributed by atoms with E-state index in [-0.39, 0.29) is 24.2 Å². The Morgan fingerprint density at radius 1 is 0.742 bits per heavy atom. The molecule has 0 aromatic rings. The van der Waals surface area contributed by atoms with E-state index in [2.05, 4.69) is 16.0 Å². The number of rotatable bonds is 13. The zero-order valence-corrected chi connectivity index (χ0v) is 19.0. The van der Waals surface area contributed by atoms with Gasteiger partial charge in [0.1, 0.15) is 18.1 Å². The third kappa shape index (κ3) is 10.3. The molecule has 0 bridgehead atoms. The van der Waals surface area contributed by atoms with E-state index >= 15 is 0 Å². The second-order valence-electron chi connectivity index (χ2n) is 8.69. The average Bonchev–Trinajstić information content (AvgIpc) is 2.62. The SMILES string of the molecule is CC(C)CC(NC(=O)C(NC(=O)C(N)C(C)C)C(C)C)C(=O)NC(CC(=O)O)C(=O)O. The van der Waals surface area contributed by atoms with Crippen LogP contribution in [0, 0.1) is 17.8 Å². The van der Waals surface area contributed by atoms with Crippen LogP contribution in [0.15, 0.2) is 0 Å². The quantitative estimate of drug-likeness (QED) is 0.223. The molecular formula is C20H36N4O7. The summed E-state index contributed by atoms with van der Waals surface area (Å²) < 4.78 is 0. The summed E-state index contributed by atoms with van der Waals surface area (Å²) in [5.41, 5.74) is 5.84. The Hall–Kier alpha value is -2.69. The number of amides is 3. The Balaban J connectivity index is 5.47. The smallest absolute Gasteiger partial charge is 0.326 e. The van der Waals surface area contributed by atoms with Crippen molar-refractivity contribution in [3.05, 3.63) is 0 Å². The van der Waals surface area contributed by atoms with E-state index in [1.807, 2.05) is 13.8 Å². The highest BCUT2D eigenvalue weighted by atomic mass is 16.4. The molecule has 11 nitrogen and oxygen atoms in total. The highest BCUT2D eigenvalue weighted by Crippen LogP contribution is 2.10. The van der Waals surface area contributed by atoms with Gasteiger partial charge in [0, 0.05) is 0 Å². The van der Waals surface area contributed by atoms with E-state index in [1.165, 1.54) is 0 Å². The van der Waals surface area contributed by atoms with Crippen molar-refractivity contribution < 1.29 is 34.2 Å². The predicted molar refractivity (Wildman–Crippen MR) is 113 cm³/mol. The van der Waals surface area contributed by atoms with Crippen LogP contribution in [-0.4, -0.2) is 64.0 Å². The van der Waals surface area contributed by atoms with Crippen LogP contribution in [0.2, 0.25) is 0 Å². The van der Waals surface area contributed by atoms with E-state index < -0.39 is 60.2 Å². The van der Waals surface area contributed by atoms with Crippen molar-refractivity contribution in [1.82, 2.24) is 16.0 Å². The minimum atomic E-state index is -1.64. The maximum atomic E-state index is 12.8. The maximum Gasteiger partial charge on any atom is 0.326 e. The molecule has 0 aliphatic heterocycles. The molecule has 0 heterocycles. The second-order valence-corrected chi connectivity index (χ2v) is 8.69. The molecule has 0 aliphatic carbocycles. The number of hydrogen-bond donors (Lipinski definition) is 6. The van der Waals surface area contributed by atoms with Crippen LogP contribution in [0.4, 0.5) is 0 Å². The lowest BCUT2D eigenvalue weighted by molar-refractivity contribution is -0.147. The van der Waals surface area contributed by atoms with E-state index in [9.17, 15) is 24.0 Å². The van der Waals surface area contributed by atoms with Crippen molar-refractivity contribution in [2.24, 2.45) is 23.5 Å². The first-order chi connectivity index (χ1) is 14.2. The Morgan fingerprint density at radius 3 is 1.65 bits per heavy atom. The van der Waals surface area contributed by atoms with Crippen LogP contribution in [0.5, 0.6) is 0 Å². The maximum absolute atomic E-state index is 12.8. The van der Waals surface area contributed by atoms with Crippen LogP contribution >= 0.6 is 0 Å². The van der Waals surface area contributed by atoms with Gasteiger partial charge in [-0.05, 0) is 24.2 Å². The molecule has 3 amide bonds. The lowest BCUT2D eigenvalue weighted by atomic mass is 9.98. The molecule has 4 atom stereocenters. The molecule has 0 fully saturated rings. The summed E-state index contributed by atoms with van der Waals surface area (Å²) in [5, 5.41) is 25.3. The number of carbonyl (C=O) groups is 5. The zero-order valence-electron chi connectivity index (χ0n) is 19.0. The topological polar surface area (TPSA) is 188 Å². The molecule has 0 radical (unpaired) electrons. The highest BCUT2D eigenvalue weighted by Gasteiger charge is 2.32. The van der Waals surface area contributed by atoms with Gasteiger partial charge < -0.3 is 31.9 Å². The summed E-state index contributed by atoms with van der Waals surface area (Å²) in [7, 11) is 0. The molecule has 0 aromatic carbocycles. The standard InChI is InChI=1S/C20H36N4O7/c1-9(2)7-12(17(27)23-13(20(30)31)8-14(25)26)22-19(29)16(11(5)6)24-18(28)15(21)10(3)4/h9-13,15-16H,7-8,21H2,1-6H3,(H,22,29)(H,23,27)(H,24,28)(H,25,26)(H,30,31). The largest absolute Gasteiger partial charge is 0.481 e. The van der Waals surface area contributed by atoms with Crippen molar-refractivity contribution >= 4 is 29.7 Å². The number of hydrogen-bond acceptors (Lipinski definition) is 6. The first-order valence-electron chi connectivity index (χ1n) is 10.3. The van der Waals surface area contributed by atoms with Crippen molar-refractivity contribution in [3.8, 4) is 0 Å². The third-order valence-electron chi connectivity index (χ3n) is 4.60. The van der Waals surface area contributed by atoms with Crippen LogP contribution in [0.3, 0.4) is 0 Å². The first kappa shape index (κ1) is 28.3. The van der Waals surface area contributed by atoms with Crippen LogP contribution < -0.4 is 21.7 Å². The van der Waals surface area contributed by atoms with Gasteiger partial charge in [-0.25, -0.2) is 4.79 Å². The van der Waals surface area contributed by atoms with Crippen molar-refractivity contribution in [2.45, 2.75) is 78.6 Å². The van der Waals surface area contributed by atoms with Gasteiger partial charge in [0.25, 0.3) is 0 Å². The Labute approximate surface area is 182 Å². The molecule has 4 unspecified atom stereocenters. The average molecular weight is 445 g/mol. The first-order valence-corrected chi connectivity index (χ1v) is 10.3. The normalized spacial score (nSPS) is 15.2. The molecule has 0 saturated carbocycles. The second kappa shape index (κ2) is 12.9. The molecule has 7 N–H and O–H groups in total. The summed E-state index contributed by atoms with van der Waals surface area (Å²) in [5.74, 6) is -5.32. The molecule has 0 saturated heterocycles. The molecule has 178 valence electrons. The van der Waals surface area contributed by atoms with Crippen LogP contribution in [0.1, 0.15) is 54.4 Å². The van der Waals surface area contributed by atoms with Gasteiger partial charge >= 0.3 is 11.9 Å². The Kier molecular flexibility index (Phi) is 11.8. The van der Waals surface area contributed by atoms with E-state index in [4.69, 9.17) is 15.9 Å². The monoisotopic (exact) mass is 444 g/mol. The Morgan fingerprint density at radius 2 is 1.26 bits per heavy atom. The minimum Gasteiger partial charge on any atom is -0.481 e. The van der Waals surface area contributed by atoms with Gasteiger partial charge in [-0.15, -0.1) is 0 Å². The van der Waals surface area contributed by atoms with E-state index in [0.29, 0.717) is 0 Å². The van der Waals surface area contributed by atoms with E-state index in [0.717, 1.165) is 0 Å². The fourth-order valence-electron chi connectivity index (χ4n) is 2.70. The molecule has 31 heavy (non-hydrogen) atoms. The van der Waals surface area contributed by atoms with Gasteiger partial charge in [0.05, 0.1) is 12.5 Å². The molecule has 0 aromatic heterocycles. The van der Waals surface area contributed by atoms with Gasteiger partial charge in [0.2, 0.25) is 17.7 Å². The zero-order chi connectivity index (χ0) is 24.5. The summed E-state index contributed by atoms with van der Waals surface area (Å²) in [6.45, 7) is 10.6. The van der Waals surface area contributed by atoms with Gasteiger partial charge in [-0.1, -0.05) is 41.5 Å². The van der Waals surface area contributed by atoms with Crippen LogP contribution in [0.25, 0.3) is 0 Å². The molecule has 11 heteroatoms. The predicted octanol–water partition coefficient (Wildman–Crippen LogP) is -0.314. The summed E-state index contributed by atoms with van der Waals surface area (Å²) in [6, 6.07) is -4.52. The van der Waals surface area contributed by atoms with Crippen LogP contribution in [-0.2, 0) is 24.0 Å². The fraction of sp³-hybridized carbons (Fsp3) is 0.750. The van der Waals surface area contributed by atoms with E-state index in [1.54, 1.807) is 27.7 Å². The number of nitrogens with two attached hydrogens (primary N) is 1. The number of carbonyl (C=O) groups excluding carboxylic acids is 3.